The summed E-state index contributed by atoms with van der Waals surface area (Å²) in [4.78, 5) is 7.57. The fourth-order valence-electron chi connectivity index (χ4n) is 3.49. The number of benzene rings is 2. The fraction of sp³-hybridized carbons (Fsp3) is 0.350. The van der Waals surface area contributed by atoms with Crippen LogP contribution in [0, 0.1) is 13.8 Å². The van der Waals surface area contributed by atoms with E-state index in [0.29, 0.717) is 0 Å². The first-order chi connectivity index (χ1) is 11.7. The third-order valence-electron chi connectivity index (χ3n) is 4.79. The van der Waals surface area contributed by atoms with Crippen LogP contribution in [0.1, 0.15) is 27.7 Å². The van der Waals surface area contributed by atoms with Gasteiger partial charge in [0, 0.05) is 26.2 Å². The standard InChI is InChI=1S/C20H23N3S/c1-14-7-8-15(2)16(13-14)19(23-11-9-21-10-12-23)20-22-17-5-3-4-6-18(17)24-20/h3-8,13,19,21H,9-12H2,1-2H3. The van der Waals surface area contributed by atoms with E-state index in [1.54, 1.807) is 0 Å². The number of hydrogen-bond donors (Lipinski definition) is 1. The van der Waals surface area contributed by atoms with E-state index < -0.39 is 0 Å². The molecule has 1 saturated heterocycles. The lowest BCUT2D eigenvalue weighted by Gasteiger charge is -2.35. The Hall–Kier alpha value is -1.75. The topological polar surface area (TPSA) is 28.2 Å². The van der Waals surface area contributed by atoms with Gasteiger partial charge in [0.2, 0.25) is 0 Å². The zero-order valence-electron chi connectivity index (χ0n) is 14.2. The summed E-state index contributed by atoms with van der Waals surface area (Å²) in [5.41, 5.74) is 5.18. The molecule has 1 aliphatic heterocycles. The average molecular weight is 337 g/mol. The number of rotatable bonds is 3. The quantitative estimate of drug-likeness (QED) is 0.785. The van der Waals surface area contributed by atoms with Crippen molar-refractivity contribution in [3.8, 4) is 0 Å². The molecule has 3 nitrogen and oxygen atoms in total. The van der Waals surface area contributed by atoms with Gasteiger partial charge in [0.05, 0.1) is 16.3 Å². The normalized spacial score (nSPS) is 17.2. The average Bonchev–Trinajstić information content (AvgIpc) is 3.03. The van der Waals surface area contributed by atoms with Crippen molar-refractivity contribution in [1.82, 2.24) is 15.2 Å². The number of nitrogens with one attached hydrogen (secondary N) is 1. The molecule has 4 rings (SSSR count). The highest BCUT2D eigenvalue weighted by molar-refractivity contribution is 7.18. The van der Waals surface area contributed by atoms with Gasteiger partial charge in [0.1, 0.15) is 5.01 Å². The first-order valence-electron chi connectivity index (χ1n) is 8.60. The molecule has 1 unspecified atom stereocenters. The van der Waals surface area contributed by atoms with E-state index in [2.05, 4.69) is 66.5 Å². The van der Waals surface area contributed by atoms with Crippen LogP contribution in [0.15, 0.2) is 42.5 Å². The number of para-hydroxylation sites is 1. The molecular weight excluding hydrogens is 314 g/mol. The van der Waals surface area contributed by atoms with Crippen LogP contribution in [0.25, 0.3) is 10.2 Å². The number of thiazole rings is 1. The zero-order chi connectivity index (χ0) is 16.5. The summed E-state index contributed by atoms with van der Waals surface area (Å²) in [6.07, 6.45) is 0. The van der Waals surface area contributed by atoms with E-state index in [1.807, 2.05) is 11.3 Å². The second-order valence-electron chi connectivity index (χ2n) is 6.57. The highest BCUT2D eigenvalue weighted by atomic mass is 32.1. The van der Waals surface area contributed by atoms with Gasteiger partial charge in [0.15, 0.2) is 0 Å². The van der Waals surface area contributed by atoms with E-state index in [-0.39, 0.29) is 6.04 Å². The van der Waals surface area contributed by atoms with Gasteiger partial charge in [-0.15, -0.1) is 11.3 Å². The van der Waals surface area contributed by atoms with Crippen LogP contribution in [-0.4, -0.2) is 36.1 Å². The minimum absolute atomic E-state index is 0.254. The van der Waals surface area contributed by atoms with Gasteiger partial charge in [-0.25, -0.2) is 4.98 Å². The second-order valence-corrected chi connectivity index (χ2v) is 7.63. The summed E-state index contributed by atoms with van der Waals surface area (Å²) >= 11 is 1.84. The van der Waals surface area contributed by atoms with Gasteiger partial charge in [-0.05, 0) is 37.1 Å². The number of aromatic nitrogens is 1. The fourth-order valence-corrected chi connectivity index (χ4v) is 4.61. The number of piperazine rings is 1. The first-order valence-corrected chi connectivity index (χ1v) is 9.41. The SMILES string of the molecule is Cc1ccc(C)c(C(c2nc3ccccc3s2)N2CCNCC2)c1. The number of aryl methyl sites for hydroxylation is 2. The molecule has 0 bridgehead atoms. The molecule has 0 spiro atoms. The Labute approximate surface area is 147 Å². The molecule has 0 aliphatic carbocycles. The predicted octanol–water partition coefficient (Wildman–Crippen LogP) is 3.91. The lowest BCUT2D eigenvalue weighted by molar-refractivity contribution is 0.198. The van der Waals surface area contributed by atoms with Crippen molar-refractivity contribution >= 4 is 21.6 Å². The molecule has 1 aliphatic rings. The summed E-state index contributed by atoms with van der Waals surface area (Å²) in [5, 5.41) is 4.68. The largest absolute Gasteiger partial charge is 0.314 e. The monoisotopic (exact) mass is 337 g/mol. The maximum Gasteiger partial charge on any atom is 0.116 e. The summed E-state index contributed by atoms with van der Waals surface area (Å²) in [7, 11) is 0. The molecule has 24 heavy (non-hydrogen) atoms. The van der Waals surface area contributed by atoms with E-state index >= 15 is 0 Å². The van der Waals surface area contributed by atoms with Crippen LogP contribution in [0.2, 0.25) is 0 Å². The Morgan fingerprint density at radius 2 is 1.88 bits per heavy atom. The molecule has 1 fully saturated rings. The summed E-state index contributed by atoms with van der Waals surface area (Å²) in [5.74, 6) is 0. The molecule has 0 amide bonds. The van der Waals surface area contributed by atoms with Crippen LogP contribution < -0.4 is 5.32 Å². The minimum atomic E-state index is 0.254. The molecular formula is C20H23N3S. The van der Waals surface area contributed by atoms with Crippen molar-refractivity contribution in [1.29, 1.82) is 0 Å². The van der Waals surface area contributed by atoms with E-state index in [0.717, 1.165) is 31.7 Å². The summed E-state index contributed by atoms with van der Waals surface area (Å²) < 4.78 is 1.28. The second kappa shape index (κ2) is 6.63. The number of fused-ring (bicyclic) bond motifs is 1. The number of hydrogen-bond acceptors (Lipinski definition) is 4. The third-order valence-corrected chi connectivity index (χ3v) is 5.88. The van der Waals surface area contributed by atoms with E-state index in [4.69, 9.17) is 4.98 Å². The van der Waals surface area contributed by atoms with Crippen LogP contribution in [-0.2, 0) is 0 Å². The Morgan fingerprint density at radius 1 is 1.08 bits per heavy atom. The van der Waals surface area contributed by atoms with Crippen molar-refractivity contribution in [2.75, 3.05) is 26.2 Å². The Kier molecular flexibility index (Phi) is 4.35. The Bertz CT molecular complexity index is 816. The smallest absolute Gasteiger partial charge is 0.116 e. The van der Waals surface area contributed by atoms with Gasteiger partial charge in [0.25, 0.3) is 0 Å². The number of nitrogens with zero attached hydrogens (tertiary/aromatic N) is 2. The van der Waals surface area contributed by atoms with Crippen LogP contribution >= 0.6 is 11.3 Å². The highest BCUT2D eigenvalue weighted by Crippen LogP contribution is 2.36. The van der Waals surface area contributed by atoms with Gasteiger partial charge < -0.3 is 5.32 Å². The molecule has 2 heterocycles. The third kappa shape index (κ3) is 2.97. The predicted molar refractivity (Wildman–Crippen MR) is 102 cm³/mol. The van der Waals surface area contributed by atoms with Crippen molar-refractivity contribution in [3.05, 3.63) is 64.2 Å². The lowest BCUT2D eigenvalue weighted by atomic mass is 9.97. The minimum Gasteiger partial charge on any atom is -0.314 e. The summed E-state index contributed by atoms with van der Waals surface area (Å²) in [6.45, 7) is 8.62. The van der Waals surface area contributed by atoms with Crippen LogP contribution in [0.5, 0.6) is 0 Å². The van der Waals surface area contributed by atoms with Crippen LogP contribution in [0.3, 0.4) is 0 Å². The van der Waals surface area contributed by atoms with Gasteiger partial charge in [-0.1, -0.05) is 35.9 Å². The van der Waals surface area contributed by atoms with Crippen molar-refractivity contribution in [2.24, 2.45) is 0 Å². The van der Waals surface area contributed by atoms with Crippen molar-refractivity contribution in [3.63, 3.8) is 0 Å². The van der Waals surface area contributed by atoms with Gasteiger partial charge in [-0.2, -0.15) is 0 Å². The molecule has 3 aromatic rings. The van der Waals surface area contributed by atoms with Crippen LogP contribution in [0.4, 0.5) is 0 Å². The molecule has 2 aromatic carbocycles. The van der Waals surface area contributed by atoms with Gasteiger partial charge in [-0.3, -0.25) is 4.90 Å². The maximum atomic E-state index is 4.99. The molecule has 1 atom stereocenters. The molecule has 0 saturated carbocycles. The Balaban J connectivity index is 1.84. The molecule has 1 N–H and O–H groups in total. The Morgan fingerprint density at radius 3 is 2.67 bits per heavy atom. The van der Waals surface area contributed by atoms with Gasteiger partial charge >= 0.3 is 0 Å². The zero-order valence-corrected chi connectivity index (χ0v) is 15.1. The van der Waals surface area contributed by atoms with E-state index in [1.165, 1.54) is 26.4 Å². The maximum absolute atomic E-state index is 4.99. The van der Waals surface area contributed by atoms with E-state index in [9.17, 15) is 0 Å². The molecule has 124 valence electrons. The summed E-state index contributed by atoms with van der Waals surface area (Å²) in [6, 6.07) is 15.5. The molecule has 0 radical (unpaired) electrons. The highest BCUT2D eigenvalue weighted by Gasteiger charge is 2.28. The molecule has 1 aromatic heterocycles. The van der Waals surface area contributed by atoms with Crippen molar-refractivity contribution in [2.45, 2.75) is 19.9 Å². The van der Waals surface area contributed by atoms with Crippen molar-refractivity contribution < 1.29 is 0 Å². The lowest BCUT2D eigenvalue weighted by Crippen LogP contribution is -2.45. The first kappa shape index (κ1) is 15.8. The molecule has 4 heteroatoms.